The molecule has 0 spiro atoms. The van der Waals surface area contributed by atoms with Crippen molar-refractivity contribution < 1.29 is 14.6 Å². The second-order valence-corrected chi connectivity index (χ2v) is 5.84. The van der Waals surface area contributed by atoms with Crippen LogP contribution in [0.15, 0.2) is 18.2 Å². The molecule has 1 aromatic rings. The van der Waals surface area contributed by atoms with Gasteiger partial charge < -0.3 is 20.5 Å². The number of carbonyl (C=O) groups is 1. The fourth-order valence-electron chi connectivity index (χ4n) is 2.98. The van der Waals surface area contributed by atoms with Gasteiger partial charge in [-0.2, -0.15) is 0 Å². The summed E-state index contributed by atoms with van der Waals surface area (Å²) in [4.78, 5) is 12.2. The number of rotatable bonds is 5. The van der Waals surface area contributed by atoms with Crippen molar-refractivity contribution in [3.8, 4) is 5.75 Å². The monoisotopic (exact) mass is 306 g/mol. The number of hydrogen-bond donors (Lipinski definition) is 3. The zero-order valence-electron chi connectivity index (χ0n) is 13.4. The summed E-state index contributed by atoms with van der Waals surface area (Å²) in [5.74, 6) is 0.972. The van der Waals surface area contributed by atoms with Crippen molar-refractivity contribution in [2.45, 2.75) is 45.6 Å². The zero-order chi connectivity index (χ0) is 15.9. The smallest absolute Gasteiger partial charge is 0.319 e. The van der Waals surface area contributed by atoms with Crippen LogP contribution in [0.2, 0.25) is 0 Å². The first kappa shape index (κ1) is 16.6. The molecule has 0 aromatic heterocycles. The molecule has 0 aliphatic heterocycles. The molecule has 2 rings (SSSR count). The SMILES string of the molecule is CCOc1ccc(NC(=O)NC2CCCCC2CO)c(C)c1. The van der Waals surface area contributed by atoms with Gasteiger partial charge in [0.05, 0.1) is 6.61 Å². The largest absolute Gasteiger partial charge is 0.494 e. The van der Waals surface area contributed by atoms with Crippen molar-refractivity contribution in [1.29, 1.82) is 0 Å². The zero-order valence-corrected chi connectivity index (χ0v) is 13.4. The van der Waals surface area contributed by atoms with Crippen molar-refractivity contribution in [2.24, 2.45) is 5.92 Å². The van der Waals surface area contributed by atoms with Gasteiger partial charge in [0.15, 0.2) is 0 Å². The molecule has 3 N–H and O–H groups in total. The molecule has 5 nitrogen and oxygen atoms in total. The van der Waals surface area contributed by atoms with E-state index in [1.54, 1.807) is 0 Å². The van der Waals surface area contributed by atoms with Crippen LogP contribution in [-0.4, -0.2) is 30.4 Å². The van der Waals surface area contributed by atoms with Gasteiger partial charge >= 0.3 is 6.03 Å². The van der Waals surface area contributed by atoms with Gasteiger partial charge in [-0.05, 0) is 50.5 Å². The first-order valence-electron chi connectivity index (χ1n) is 8.06. The van der Waals surface area contributed by atoms with Crippen LogP contribution in [0, 0.1) is 12.8 Å². The van der Waals surface area contributed by atoms with E-state index in [2.05, 4.69) is 10.6 Å². The van der Waals surface area contributed by atoms with Crippen LogP contribution < -0.4 is 15.4 Å². The van der Waals surface area contributed by atoms with E-state index < -0.39 is 0 Å². The van der Waals surface area contributed by atoms with Gasteiger partial charge in [-0.15, -0.1) is 0 Å². The summed E-state index contributed by atoms with van der Waals surface area (Å²) in [5.41, 5.74) is 1.74. The molecule has 2 unspecified atom stereocenters. The Morgan fingerprint density at radius 3 is 2.82 bits per heavy atom. The number of carbonyl (C=O) groups excluding carboxylic acids is 1. The van der Waals surface area contributed by atoms with Gasteiger partial charge in [-0.25, -0.2) is 4.79 Å². The summed E-state index contributed by atoms with van der Waals surface area (Å²) < 4.78 is 5.44. The minimum atomic E-state index is -0.211. The molecule has 1 aromatic carbocycles. The van der Waals surface area contributed by atoms with Crippen molar-refractivity contribution in [2.75, 3.05) is 18.5 Å². The highest BCUT2D eigenvalue weighted by Gasteiger charge is 2.25. The molecule has 5 heteroatoms. The maximum atomic E-state index is 12.2. The maximum absolute atomic E-state index is 12.2. The van der Waals surface area contributed by atoms with Crippen LogP contribution in [0.1, 0.15) is 38.2 Å². The highest BCUT2D eigenvalue weighted by atomic mass is 16.5. The van der Waals surface area contributed by atoms with E-state index in [4.69, 9.17) is 4.74 Å². The molecule has 1 saturated carbocycles. The average Bonchev–Trinajstić information content (AvgIpc) is 2.51. The van der Waals surface area contributed by atoms with E-state index in [0.29, 0.717) is 6.61 Å². The Balaban J connectivity index is 1.93. The number of benzene rings is 1. The van der Waals surface area contributed by atoms with E-state index in [9.17, 15) is 9.90 Å². The first-order chi connectivity index (χ1) is 10.6. The van der Waals surface area contributed by atoms with Gasteiger partial charge in [0.1, 0.15) is 5.75 Å². The molecule has 0 radical (unpaired) electrons. The second kappa shape index (κ2) is 8.03. The molecule has 0 saturated heterocycles. The van der Waals surface area contributed by atoms with Crippen LogP contribution in [0.3, 0.4) is 0 Å². The number of hydrogen-bond acceptors (Lipinski definition) is 3. The van der Waals surface area contributed by atoms with Gasteiger partial charge in [-0.3, -0.25) is 0 Å². The Morgan fingerprint density at radius 1 is 1.36 bits per heavy atom. The van der Waals surface area contributed by atoms with Crippen LogP contribution in [0.4, 0.5) is 10.5 Å². The molecule has 1 aliphatic carbocycles. The highest BCUT2D eigenvalue weighted by Crippen LogP contribution is 2.25. The number of amides is 2. The topological polar surface area (TPSA) is 70.6 Å². The summed E-state index contributed by atoms with van der Waals surface area (Å²) in [6.07, 6.45) is 4.14. The quantitative estimate of drug-likeness (QED) is 0.783. The molecule has 1 fully saturated rings. The van der Waals surface area contributed by atoms with Crippen LogP contribution in [-0.2, 0) is 0 Å². The van der Waals surface area contributed by atoms with Crippen molar-refractivity contribution >= 4 is 11.7 Å². The third-order valence-corrected chi connectivity index (χ3v) is 4.22. The third-order valence-electron chi connectivity index (χ3n) is 4.22. The first-order valence-corrected chi connectivity index (χ1v) is 8.06. The Labute approximate surface area is 132 Å². The van der Waals surface area contributed by atoms with E-state index in [-0.39, 0.29) is 24.6 Å². The van der Waals surface area contributed by atoms with Crippen molar-refractivity contribution in [3.05, 3.63) is 23.8 Å². The molecule has 2 amide bonds. The number of aryl methyl sites for hydroxylation is 1. The summed E-state index contributed by atoms with van der Waals surface area (Å²) in [7, 11) is 0. The second-order valence-electron chi connectivity index (χ2n) is 5.84. The lowest BCUT2D eigenvalue weighted by Crippen LogP contribution is -2.45. The maximum Gasteiger partial charge on any atom is 0.319 e. The lowest BCUT2D eigenvalue weighted by Gasteiger charge is -2.30. The number of nitrogens with one attached hydrogen (secondary N) is 2. The Kier molecular flexibility index (Phi) is 6.07. The molecule has 122 valence electrons. The van der Waals surface area contributed by atoms with Crippen molar-refractivity contribution in [3.63, 3.8) is 0 Å². The van der Waals surface area contributed by atoms with Crippen LogP contribution in [0.5, 0.6) is 5.75 Å². The Hall–Kier alpha value is -1.75. The van der Waals surface area contributed by atoms with Gasteiger partial charge in [0.25, 0.3) is 0 Å². The Bertz CT molecular complexity index is 505. The summed E-state index contributed by atoms with van der Waals surface area (Å²) in [6.45, 7) is 4.63. The van der Waals surface area contributed by atoms with E-state index in [1.165, 1.54) is 0 Å². The predicted octanol–water partition coefficient (Wildman–Crippen LogP) is 3.07. The lowest BCUT2D eigenvalue weighted by molar-refractivity contribution is 0.156. The number of aliphatic hydroxyl groups is 1. The fourth-order valence-corrected chi connectivity index (χ4v) is 2.98. The molecular formula is C17H26N2O3. The molecule has 1 aliphatic rings. The van der Waals surface area contributed by atoms with E-state index in [0.717, 1.165) is 42.7 Å². The minimum absolute atomic E-state index is 0.0572. The molecular weight excluding hydrogens is 280 g/mol. The minimum Gasteiger partial charge on any atom is -0.494 e. The summed E-state index contributed by atoms with van der Waals surface area (Å²) >= 11 is 0. The van der Waals surface area contributed by atoms with E-state index >= 15 is 0 Å². The predicted molar refractivity (Wildman–Crippen MR) is 87.3 cm³/mol. The lowest BCUT2D eigenvalue weighted by atomic mass is 9.85. The standard InChI is InChI=1S/C17H26N2O3/c1-3-22-14-8-9-15(12(2)10-14)18-17(21)19-16-7-5-4-6-13(16)11-20/h8-10,13,16,20H,3-7,11H2,1-2H3,(H2,18,19,21). The van der Waals surface area contributed by atoms with Crippen LogP contribution in [0.25, 0.3) is 0 Å². The Morgan fingerprint density at radius 2 is 2.14 bits per heavy atom. The number of aliphatic hydroxyl groups excluding tert-OH is 1. The third kappa shape index (κ3) is 4.37. The number of ether oxygens (including phenoxy) is 1. The number of anilines is 1. The fraction of sp³-hybridized carbons (Fsp3) is 0.588. The van der Waals surface area contributed by atoms with Crippen molar-refractivity contribution in [1.82, 2.24) is 5.32 Å². The van der Waals surface area contributed by atoms with Gasteiger partial charge in [0, 0.05) is 24.3 Å². The normalized spacial score (nSPS) is 21.2. The molecule has 22 heavy (non-hydrogen) atoms. The van der Waals surface area contributed by atoms with Gasteiger partial charge in [0.2, 0.25) is 0 Å². The molecule has 2 atom stereocenters. The molecule has 0 heterocycles. The van der Waals surface area contributed by atoms with Gasteiger partial charge in [-0.1, -0.05) is 12.8 Å². The summed E-state index contributed by atoms with van der Waals surface area (Å²) in [5, 5.41) is 15.3. The summed E-state index contributed by atoms with van der Waals surface area (Å²) in [6, 6.07) is 5.46. The van der Waals surface area contributed by atoms with Crippen LogP contribution >= 0.6 is 0 Å². The number of urea groups is 1. The molecule has 0 bridgehead atoms. The highest BCUT2D eigenvalue weighted by molar-refractivity contribution is 5.90. The average molecular weight is 306 g/mol. The van der Waals surface area contributed by atoms with E-state index in [1.807, 2.05) is 32.0 Å².